The van der Waals surface area contributed by atoms with Crippen LogP contribution < -0.4 is 4.72 Å². The maximum atomic E-state index is 11.0. The molecule has 1 rings (SSSR count). The maximum absolute atomic E-state index is 11.0. The first kappa shape index (κ1) is 10.7. The fourth-order valence-electron chi connectivity index (χ4n) is 0.728. The average molecular weight is 220 g/mol. The molecule has 0 radical (unpaired) electrons. The predicted molar refractivity (Wildman–Crippen MR) is 44.8 cm³/mol. The summed E-state index contributed by atoms with van der Waals surface area (Å²) in [6.45, 7) is -0.102. The van der Waals surface area contributed by atoms with Gasteiger partial charge in [-0.1, -0.05) is 5.16 Å². The number of hydrogen-bond donors (Lipinski definition) is 2. The third kappa shape index (κ3) is 3.54. The Labute approximate surface area is 79.8 Å². The molecule has 8 heteroatoms. The van der Waals surface area contributed by atoms with E-state index in [2.05, 4.69) is 14.4 Å². The van der Waals surface area contributed by atoms with Crippen LogP contribution in [0.3, 0.4) is 0 Å². The van der Waals surface area contributed by atoms with Crippen molar-refractivity contribution in [2.45, 2.75) is 6.54 Å². The van der Waals surface area contributed by atoms with Gasteiger partial charge in [0.05, 0.1) is 12.7 Å². The Bertz CT molecular complexity index is 396. The molecule has 1 heterocycles. The van der Waals surface area contributed by atoms with Crippen LogP contribution in [0.4, 0.5) is 0 Å². The van der Waals surface area contributed by atoms with Gasteiger partial charge >= 0.3 is 5.97 Å². The topological polar surface area (TPSA) is 110 Å². The van der Waals surface area contributed by atoms with Gasteiger partial charge in [0, 0.05) is 6.07 Å². The molecular formula is C6H8N2O5S. The van der Waals surface area contributed by atoms with E-state index in [1.807, 2.05) is 0 Å². The van der Waals surface area contributed by atoms with Crippen LogP contribution in [0.1, 0.15) is 5.76 Å². The minimum absolute atomic E-state index is 0.102. The summed E-state index contributed by atoms with van der Waals surface area (Å²) in [5.41, 5.74) is 0. The standard InChI is InChI=1S/C6H8N2O5S/c9-6(10)4-14(11,12)8-3-5-1-2-7-13-5/h1-2,8H,3-4H2,(H,9,10). The number of aromatic nitrogens is 1. The highest BCUT2D eigenvalue weighted by Gasteiger charge is 2.15. The van der Waals surface area contributed by atoms with E-state index in [1.54, 1.807) is 0 Å². The lowest BCUT2D eigenvalue weighted by Crippen LogP contribution is -2.29. The first-order valence-electron chi connectivity index (χ1n) is 3.58. The molecule has 0 bridgehead atoms. The Morgan fingerprint density at radius 1 is 1.64 bits per heavy atom. The minimum atomic E-state index is -3.79. The lowest BCUT2D eigenvalue weighted by atomic mass is 10.5. The quantitative estimate of drug-likeness (QED) is 0.670. The normalized spacial score (nSPS) is 11.4. The number of aliphatic carboxylic acids is 1. The second-order valence-electron chi connectivity index (χ2n) is 2.45. The van der Waals surface area contributed by atoms with Crippen LogP contribution in [-0.2, 0) is 21.4 Å². The zero-order chi connectivity index (χ0) is 10.6. The van der Waals surface area contributed by atoms with Crippen molar-refractivity contribution in [3.05, 3.63) is 18.0 Å². The summed E-state index contributed by atoms with van der Waals surface area (Å²) in [7, 11) is -3.79. The number of nitrogens with one attached hydrogen (secondary N) is 1. The molecule has 0 aromatic carbocycles. The largest absolute Gasteiger partial charge is 0.480 e. The molecule has 2 N–H and O–H groups in total. The van der Waals surface area contributed by atoms with Gasteiger partial charge in [-0.25, -0.2) is 13.1 Å². The van der Waals surface area contributed by atoms with E-state index in [4.69, 9.17) is 5.11 Å². The van der Waals surface area contributed by atoms with Crippen molar-refractivity contribution in [2.24, 2.45) is 0 Å². The number of carbonyl (C=O) groups is 1. The van der Waals surface area contributed by atoms with E-state index in [-0.39, 0.29) is 6.54 Å². The monoisotopic (exact) mass is 220 g/mol. The molecule has 0 saturated heterocycles. The van der Waals surface area contributed by atoms with E-state index >= 15 is 0 Å². The van der Waals surface area contributed by atoms with Crippen LogP contribution in [0.2, 0.25) is 0 Å². The molecule has 0 aliphatic rings. The molecule has 1 aromatic heterocycles. The summed E-state index contributed by atoms with van der Waals surface area (Å²) in [6, 6.07) is 1.48. The van der Waals surface area contributed by atoms with Crippen LogP contribution in [0.25, 0.3) is 0 Å². The third-order valence-electron chi connectivity index (χ3n) is 1.27. The number of carboxylic acids is 1. The molecule has 0 unspecified atom stereocenters. The molecule has 0 atom stereocenters. The summed E-state index contributed by atoms with van der Waals surface area (Å²) in [6.07, 6.45) is 1.36. The lowest BCUT2D eigenvalue weighted by molar-refractivity contribution is -0.134. The summed E-state index contributed by atoms with van der Waals surface area (Å²) in [4.78, 5) is 10.1. The van der Waals surface area contributed by atoms with Gasteiger partial charge in [-0.05, 0) is 0 Å². The molecule has 0 spiro atoms. The summed E-state index contributed by atoms with van der Waals surface area (Å²) < 4.78 is 28.6. The van der Waals surface area contributed by atoms with Crippen LogP contribution in [0.15, 0.2) is 16.8 Å². The molecule has 7 nitrogen and oxygen atoms in total. The first-order chi connectivity index (χ1) is 6.49. The zero-order valence-electron chi connectivity index (χ0n) is 7.00. The van der Waals surface area contributed by atoms with Crippen molar-refractivity contribution >= 4 is 16.0 Å². The molecule has 1 aromatic rings. The van der Waals surface area contributed by atoms with Gasteiger partial charge in [0.2, 0.25) is 10.0 Å². The highest BCUT2D eigenvalue weighted by molar-refractivity contribution is 7.90. The fraction of sp³-hybridized carbons (Fsp3) is 0.333. The van der Waals surface area contributed by atoms with Gasteiger partial charge in [-0.15, -0.1) is 0 Å². The molecule has 0 amide bonds. The number of carboxylic acid groups (broad SMARTS) is 1. The SMILES string of the molecule is O=C(O)CS(=O)(=O)NCc1ccno1. The number of nitrogens with zero attached hydrogens (tertiary/aromatic N) is 1. The van der Waals surface area contributed by atoms with Crippen molar-refractivity contribution in [3.63, 3.8) is 0 Å². The Morgan fingerprint density at radius 2 is 2.36 bits per heavy atom. The minimum Gasteiger partial charge on any atom is -0.480 e. The first-order valence-corrected chi connectivity index (χ1v) is 5.23. The van der Waals surface area contributed by atoms with Crippen molar-refractivity contribution in [2.75, 3.05) is 5.75 Å². The number of hydrogen-bond acceptors (Lipinski definition) is 5. The molecular weight excluding hydrogens is 212 g/mol. The van der Waals surface area contributed by atoms with Gasteiger partial charge in [0.25, 0.3) is 0 Å². The number of rotatable bonds is 5. The van der Waals surface area contributed by atoms with Crippen molar-refractivity contribution in [3.8, 4) is 0 Å². The van der Waals surface area contributed by atoms with Gasteiger partial charge in [-0.2, -0.15) is 0 Å². The summed E-state index contributed by atoms with van der Waals surface area (Å²) >= 11 is 0. The second kappa shape index (κ2) is 4.20. The van der Waals surface area contributed by atoms with E-state index < -0.39 is 21.7 Å². The molecule has 0 fully saturated rings. The predicted octanol–water partition coefficient (Wildman–Crippen LogP) is -0.821. The average Bonchev–Trinajstić information content (AvgIpc) is 2.50. The van der Waals surface area contributed by atoms with E-state index in [0.717, 1.165) is 0 Å². The van der Waals surface area contributed by atoms with Gasteiger partial charge in [0.1, 0.15) is 0 Å². The van der Waals surface area contributed by atoms with Gasteiger partial charge in [0.15, 0.2) is 11.5 Å². The zero-order valence-corrected chi connectivity index (χ0v) is 7.82. The number of sulfonamides is 1. The van der Waals surface area contributed by atoms with Crippen molar-refractivity contribution < 1.29 is 22.8 Å². The van der Waals surface area contributed by atoms with Crippen molar-refractivity contribution in [1.29, 1.82) is 0 Å². The van der Waals surface area contributed by atoms with E-state index in [0.29, 0.717) is 5.76 Å². The molecule has 0 saturated carbocycles. The second-order valence-corrected chi connectivity index (χ2v) is 4.26. The summed E-state index contributed by atoms with van der Waals surface area (Å²) in [5, 5.41) is 11.6. The summed E-state index contributed by atoms with van der Waals surface area (Å²) in [5.74, 6) is -2.05. The Morgan fingerprint density at radius 3 is 2.86 bits per heavy atom. The van der Waals surface area contributed by atoms with E-state index in [1.165, 1.54) is 12.3 Å². The molecule has 14 heavy (non-hydrogen) atoms. The molecule has 0 aliphatic heterocycles. The Balaban J connectivity index is 2.49. The van der Waals surface area contributed by atoms with Gasteiger partial charge in [-0.3, -0.25) is 4.79 Å². The lowest BCUT2D eigenvalue weighted by Gasteiger charge is -2.00. The highest BCUT2D eigenvalue weighted by Crippen LogP contribution is 1.96. The smallest absolute Gasteiger partial charge is 0.320 e. The molecule has 78 valence electrons. The third-order valence-corrected chi connectivity index (χ3v) is 2.48. The van der Waals surface area contributed by atoms with Gasteiger partial charge < -0.3 is 9.63 Å². The van der Waals surface area contributed by atoms with Crippen LogP contribution in [-0.4, -0.2) is 30.4 Å². The van der Waals surface area contributed by atoms with Crippen LogP contribution in [0, 0.1) is 0 Å². The molecule has 0 aliphatic carbocycles. The van der Waals surface area contributed by atoms with Crippen LogP contribution >= 0.6 is 0 Å². The van der Waals surface area contributed by atoms with Crippen molar-refractivity contribution in [1.82, 2.24) is 9.88 Å². The maximum Gasteiger partial charge on any atom is 0.320 e. The van der Waals surface area contributed by atoms with E-state index in [9.17, 15) is 13.2 Å². The fourth-order valence-corrected chi connectivity index (χ4v) is 1.52. The Hall–Kier alpha value is -1.41. The Kier molecular flexibility index (Phi) is 3.20. The van der Waals surface area contributed by atoms with Crippen LogP contribution in [0.5, 0.6) is 0 Å². The highest BCUT2D eigenvalue weighted by atomic mass is 32.2.